The van der Waals surface area contributed by atoms with Gasteiger partial charge in [-0.3, -0.25) is 0 Å². The number of hydrogen-bond donors (Lipinski definition) is 0. The highest BCUT2D eigenvalue weighted by Crippen LogP contribution is 2.29. The van der Waals surface area contributed by atoms with Gasteiger partial charge in [0.15, 0.2) is 0 Å². The van der Waals surface area contributed by atoms with Gasteiger partial charge in [-0.15, -0.1) is 12.8 Å². The predicted molar refractivity (Wildman–Crippen MR) is 55.9 cm³/mol. The summed E-state index contributed by atoms with van der Waals surface area (Å²) in [7, 11) is 0. The molecule has 0 bridgehead atoms. The van der Waals surface area contributed by atoms with Crippen molar-refractivity contribution in [3.05, 3.63) is 12.2 Å². The van der Waals surface area contributed by atoms with Gasteiger partial charge >= 0.3 is 0 Å². The lowest BCUT2D eigenvalue weighted by Gasteiger charge is -2.22. The smallest absolute Gasteiger partial charge is 0.0206 e. The van der Waals surface area contributed by atoms with E-state index in [9.17, 15) is 0 Å². The molecule has 0 aromatic heterocycles. The fourth-order valence-electron chi connectivity index (χ4n) is 1.80. The van der Waals surface area contributed by atoms with Crippen LogP contribution in [-0.2, 0) is 0 Å². The van der Waals surface area contributed by atoms with E-state index >= 15 is 0 Å². The van der Waals surface area contributed by atoms with Gasteiger partial charge in [0.2, 0.25) is 0 Å². The second-order valence-electron chi connectivity index (χ2n) is 3.35. The molecule has 0 amide bonds. The van der Waals surface area contributed by atoms with Crippen molar-refractivity contribution in [2.45, 2.75) is 45.4 Å². The van der Waals surface area contributed by atoms with Gasteiger partial charge in [-0.05, 0) is 25.2 Å². The Bertz CT molecular complexity index is 135. The second kappa shape index (κ2) is 6.98. The van der Waals surface area contributed by atoms with Crippen LogP contribution in [0.2, 0.25) is 0 Å². The van der Waals surface area contributed by atoms with Crippen LogP contribution in [0.1, 0.15) is 45.4 Å². The Morgan fingerprint density at radius 2 is 1.75 bits per heavy atom. The standard InChI is InChI=1S/C10H18.C2H2/c1-3-9(2)10-7-5-4-6-8-10;1-2/h10H,2-8H2,1H3;1-2H. The van der Waals surface area contributed by atoms with Crippen molar-refractivity contribution in [2.24, 2.45) is 5.92 Å². The number of hydrogen-bond acceptors (Lipinski definition) is 0. The Balaban J connectivity index is 0.000000561. The molecule has 0 atom stereocenters. The maximum atomic E-state index is 4.10. The monoisotopic (exact) mass is 164 g/mol. The zero-order valence-corrected chi connectivity index (χ0v) is 8.18. The SMILES string of the molecule is C#C.C=C(CC)C1CCCCC1. The molecule has 1 fully saturated rings. The van der Waals surface area contributed by atoms with E-state index in [1.165, 1.54) is 44.1 Å². The van der Waals surface area contributed by atoms with Gasteiger partial charge in [-0.2, -0.15) is 0 Å². The van der Waals surface area contributed by atoms with Crippen LogP contribution in [-0.4, -0.2) is 0 Å². The largest absolute Gasteiger partial charge is 0.124 e. The molecule has 0 saturated heterocycles. The first kappa shape index (κ1) is 11.3. The van der Waals surface area contributed by atoms with E-state index in [1.807, 2.05) is 0 Å². The fraction of sp³-hybridized carbons (Fsp3) is 0.667. The minimum atomic E-state index is 0.874. The van der Waals surface area contributed by atoms with Crippen LogP contribution in [0.3, 0.4) is 0 Å². The molecule has 0 heterocycles. The van der Waals surface area contributed by atoms with Crippen LogP contribution in [0.15, 0.2) is 12.2 Å². The molecule has 0 nitrogen and oxygen atoms in total. The van der Waals surface area contributed by atoms with Crippen molar-refractivity contribution in [1.82, 2.24) is 0 Å². The van der Waals surface area contributed by atoms with Crippen molar-refractivity contribution in [3.8, 4) is 12.8 Å². The molecular formula is C12H20. The van der Waals surface area contributed by atoms with Crippen molar-refractivity contribution in [2.75, 3.05) is 0 Å². The molecular weight excluding hydrogens is 144 g/mol. The number of terminal acetylenes is 1. The normalized spacial score (nSPS) is 17.6. The summed E-state index contributed by atoms with van der Waals surface area (Å²) < 4.78 is 0. The van der Waals surface area contributed by atoms with E-state index in [4.69, 9.17) is 0 Å². The van der Waals surface area contributed by atoms with E-state index < -0.39 is 0 Å². The number of allylic oxidation sites excluding steroid dienone is 1. The van der Waals surface area contributed by atoms with Crippen molar-refractivity contribution < 1.29 is 0 Å². The fourth-order valence-corrected chi connectivity index (χ4v) is 1.80. The van der Waals surface area contributed by atoms with Crippen LogP contribution >= 0.6 is 0 Å². The van der Waals surface area contributed by atoms with Crippen LogP contribution in [0.25, 0.3) is 0 Å². The molecule has 1 saturated carbocycles. The summed E-state index contributed by atoms with van der Waals surface area (Å²) in [5.74, 6) is 0.874. The number of rotatable bonds is 2. The van der Waals surface area contributed by atoms with Gasteiger partial charge in [0.25, 0.3) is 0 Å². The Labute approximate surface area is 77.1 Å². The molecule has 0 unspecified atom stereocenters. The van der Waals surface area contributed by atoms with Gasteiger partial charge in [-0.25, -0.2) is 0 Å². The minimum absolute atomic E-state index is 0.874. The van der Waals surface area contributed by atoms with E-state index in [1.54, 1.807) is 0 Å². The highest BCUT2D eigenvalue weighted by atomic mass is 14.2. The zero-order valence-electron chi connectivity index (χ0n) is 8.18. The highest BCUT2D eigenvalue weighted by molar-refractivity contribution is 5.00. The lowest BCUT2D eigenvalue weighted by molar-refractivity contribution is 0.398. The molecule has 12 heavy (non-hydrogen) atoms. The van der Waals surface area contributed by atoms with Crippen molar-refractivity contribution >= 4 is 0 Å². The summed E-state index contributed by atoms with van der Waals surface area (Å²) in [6.07, 6.45) is 16.3. The molecule has 1 aliphatic carbocycles. The van der Waals surface area contributed by atoms with Gasteiger partial charge < -0.3 is 0 Å². The molecule has 1 aliphatic rings. The van der Waals surface area contributed by atoms with E-state index in [0.29, 0.717) is 0 Å². The lowest BCUT2D eigenvalue weighted by Crippen LogP contribution is -2.07. The zero-order chi connectivity index (χ0) is 9.40. The van der Waals surface area contributed by atoms with Crippen LogP contribution in [0, 0.1) is 18.8 Å². The summed E-state index contributed by atoms with van der Waals surface area (Å²) >= 11 is 0. The summed E-state index contributed by atoms with van der Waals surface area (Å²) in [5, 5.41) is 0. The molecule has 0 spiro atoms. The highest BCUT2D eigenvalue weighted by Gasteiger charge is 2.14. The summed E-state index contributed by atoms with van der Waals surface area (Å²) in [6.45, 7) is 6.32. The first-order chi connectivity index (χ1) is 5.84. The van der Waals surface area contributed by atoms with E-state index in [2.05, 4.69) is 26.3 Å². The Morgan fingerprint density at radius 1 is 1.25 bits per heavy atom. The Hall–Kier alpha value is -0.700. The van der Waals surface area contributed by atoms with Crippen molar-refractivity contribution in [3.63, 3.8) is 0 Å². The molecule has 0 heteroatoms. The third-order valence-electron chi connectivity index (χ3n) is 2.64. The quantitative estimate of drug-likeness (QED) is 0.430. The first-order valence-corrected chi connectivity index (χ1v) is 4.85. The summed E-state index contributed by atoms with van der Waals surface area (Å²) in [5.41, 5.74) is 1.49. The second-order valence-corrected chi connectivity index (χ2v) is 3.35. The average molecular weight is 164 g/mol. The molecule has 0 N–H and O–H groups in total. The van der Waals surface area contributed by atoms with Crippen LogP contribution in [0.5, 0.6) is 0 Å². The van der Waals surface area contributed by atoms with Crippen LogP contribution in [0.4, 0.5) is 0 Å². The molecule has 0 aliphatic heterocycles. The molecule has 68 valence electrons. The van der Waals surface area contributed by atoms with Gasteiger partial charge in [0.05, 0.1) is 0 Å². The third kappa shape index (κ3) is 3.62. The molecule has 0 radical (unpaired) electrons. The first-order valence-electron chi connectivity index (χ1n) is 4.85. The molecule has 0 aromatic carbocycles. The van der Waals surface area contributed by atoms with E-state index in [0.717, 1.165) is 5.92 Å². The molecule has 1 rings (SSSR count). The average Bonchev–Trinajstić information content (AvgIpc) is 2.21. The van der Waals surface area contributed by atoms with Crippen LogP contribution < -0.4 is 0 Å². The van der Waals surface area contributed by atoms with Crippen molar-refractivity contribution in [1.29, 1.82) is 0 Å². The maximum Gasteiger partial charge on any atom is -0.0206 e. The maximum absolute atomic E-state index is 4.10. The third-order valence-corrected chi connectivity index (χ3v) is 2.64. The van der Waals surface area contributed by atoms with E-state index in [-0.39, 0.29) is 0 Å². The van der Waals surface area contributed by atoms with Gasteiger partial charge in [-0.1, -0.05) is 38.3 Å². The Morgan fingerprint density at radius 3 is 2.17 bits per heavy atom. The Kier molecular flexibility index (Phi) is 6.57. The summed E-state index contributed by atoms with van der Waals surface area (Å²) in [6, 6.07) is 0. The topological polar surface area (TPSA) is 0 Å². The minimum Gasteiger partial charge on any atom is -0.124 e. The molecule has 0 aromatic rings. The predicted octanol–water partition coefficient (Wildman–Crippen LogP) is 3.78. The lowest BCUT2D eigenvalue weighted by atomic mass is 9.83. The van der Waals surface area contributed by atoms with Gasteiger partial charge in [0, 0.05) is 0 Å². The summed E-state index contributed by atoms with van der Waals surface area (Å²) in [4.78, 5) is 0. The van der Waals surface area contributed by atoms with Gasteiger partial charge in [0.1, 0.15) is 0 Å².